The quantitative estimate of drug-likeness (QED) is 0.333. The summed E-state index contributed by atoms with van der Waals surface area (Å²) in [6.45, 7) is 8.20. The molecule has 35 heavy (non-hydrogen) atoms. The SMILES string of the molecule is CB(Cc1ccccc1P)C(=O)C(C)(CCN1CCC(N(C)C(C)=O)CC1)c1ccc(Cl)c(Cl)c1. The second kappa shape index (κ2) is 12.2. The van der Waals surface area contributed by atoms with Crippen LogP contribution in [-0.2, 0) is 21.3 Å². The van der Waals surface area contributed by atoms with Crippen molar-refractivity contribution in [2.45, 2.75) is 57.7 Å². The maximum absolute atomic E-state index is 14.0. The molecule has 1 aliphatic rings. The van der Waals surface area contributed by atoms with E-state index >= 15 is 0 Å². The van der Waals surface area contributed by atoms with Crippen molar-refractivity contribution < 1.29 is 9.59 Å². The molecule has 2 atom stereocenters. The first-order valence-electron chi connectivity index (χ1n) is 12.3. The Labute approximate surface area is 223 Å². The highest BCUT2D eigenvalue weighted by molar-refractivity contribution is 7.27. The number of benzene rings is 2. The van der Waals surface area contributed by atoms with Crippen molar-refractivity contribution in [2.75, 3.05) is 26.7 Å². The van der Waals surface area contributed by atoms with E-state index in [0.29, 0.717) is 28.8 Å². The average molecular weight is 533 g/mol. The minimum atomic E-state index is -0.684. The highest BCUT2D eigenvalue weighted by atomic mass is 35.5. The third kappa shape index (κ3) is 6.89. The van der Waals surface area contributed by atoms with Gasteiger partial charge in [0.15, 0.2) is 0 Å². The number of rotatable bonds is 9. The molecule has 0 aromatic heterocycles. The van der Waals surface area contributed by atoms with Crippen molar-refractivity contribution in [3.8, 4) is 0 Å². The first-order chi connectivity index (χ1) is 16.5. The van der Waals surface area contributed by atoms with Crippen LogP contribution in [-0.4, -0.2) is 60.8 Å². The Hall–Kier alpha value is -1.39. The lowest BCUT2D eigenvalue weighted by Gasteiger charge is -2.38. The monoisotopic (exact) mass is 532 g/mol. The number of carbonyl (C=O) groups excluding carboxylic acids is 2. The molecule has 8 heteroatoms. The standard InChI is InChI=1S/C27H36BCl2N2O2P/c1-19(33)31(4)22-11-14-32(15-12-22)16-13-27(2,21-9-10-23(29)24(30)17-21)26(34)28(3)18-20-7-5-6-8-25(20)35/h5-10,17,22H,11-16,18,35H2,1-4H3. The summed E-state index contributed by atoms with van der Waals surface area (Å²) in [6, 6.07) is 14.0. The van der Waals surface area contributed by atoms with E-state index < -0.39 is 5.41 Å². The lowest BCUT2D eigenvalue weighted by Crippen LogP contribution is -2.48. The second-order valence-corrected chi connectivity index (χ2v) is 11.5. The predicted molar refractivity (Wildman–Crippen MR) is 152 cm³/mol. The number of halogens is 2. The molecule has 3 rings (SSSR count). The van der Waals surface area contributed by atoms with Crippen LogP contribution in [0.3, 0.4) is 0 Å². The molecular formula is C27H36BCl2N2O2P. The van der Waals surface area contributed by atoms with E-state index in [1.807, 2.05) is 50.0 Å². The summed E-state index contributed by atoms with van der Waals surface area (Å²) < 4.78 is 0. The molecule has 0 radical (unpaired) electrons. The highest BCUT2D eigenvalue weighted by Gasteiger charge is 2.39. The lowest BCUT2D eigenvalue weighted by molar-refractivity contribution is -0.130. The maximum Gasteiger partial charge on any atom is 0.225 e. The molecule has 1 heterocycles. The van der Waals surface area contributed by atoms with Gasteiger partial charge in [0.1, 0.15) is 5.68 Å². The van der Waals surface area contributed by atoms with E-state index in [2.05, 4.69) is 26.3 Å². The molecule has 1 saturated heterocycles. The Kier molecular flexibility index (Phi) is 9.86. The van der Waals surface area contributed by atoms with Crippen molar-refractivity contribution in [3.63, 3.8) is 0 Å². The van der Waals surface area contributed by atoms with Gasteiger partial charge >= 0.3 is 0 Å². The largest absolute Gasteiger partial charge is 0.343 e. The summed E-state index contributed by atoms with van der Waals surface area (Å²) in [4.78, 5) is 30.0. The first kappa shape index (κ1) is 28.2. The van der Waals surface area contributed by atoms with Crippen LogP contribution in [0.2, 0.25) is 16.9 Å². The summed E-state index contributed by atoms with van der Waals surface area (Å²) in [5, 5.41) is 2.09. The number of piperidine rings is 1. The van der Waals surface area contributed by atoms with Gasteiger partial charge in [-0.15, -0.1) is 9.24 Å². The summed E-state index contributed by atoms with van der Waals surface area (Å²) >= 11 is 12.6. The van der Waals surface area contributed by atoms with Crippen LogP contribution in [0.1, 0.15) is 44.2 Å². The van der Waals surface area contributed by atoms with Gasteiger partial charge in [-0.2, -0.15) is 0 Å². The van der Waals surface area contributed by atoms with E-state index in [1.54, 1.807) is 13.0 Å². The summed E-state index contributed by atoms with van der Waals surface area (Å²) in [6.07, 6.45) is 3.30. The molecule has 0 spiro atoms. The molecule has 0 aliphatic carbocycles. The molecule has 0 bridgehead atoms. The zero-order valence-electron chi connectivity index (χ0n) is 21.2. The van der Waals surface area contributed by atoms with E-state index in [0.717, 1.165) is 43.3 Å². The van der Waals surface area contributed by atoms with Gasteiger partial charge in [-0.3, -0.25) is 4.79 Å². The molecule has 4 nitrogen and oxygen atoms in total. The van der Waals surface area contributed by atoms with Crippen LogP contribution < -0.4 is 5.30 Å². The molecule has 2 aromatic carbocycles. The van der Waals surface area contributed by atoms with Gasteiger partial charge in [0.25, 0.3) is 0 Å². The molecule has 2 unspecified atom stereocenters. The number of likely N-dealkylation sites (tertiary alicyclic amines) is 1. The van der Waals surface area contributed by atoms with Crippen LogP contribution in [0.5, 0.6) is 0 Å². The Balaban J connectivity index is 1.77. The summed E-state index contributed by atoms with van der Waals surface area (Å²) in [5.41, 5.74) is 1.62. The van der Waals surface area contributed by atoms with Gasteiger partial charge in [-0.25, -0.2) is 0 Å². The average Bonchev–Trinajstić information content (AvgIpc) is 2.84. The van der Waals surface area contributed by atoms with Crippen molar-refractivity contribution in [3.05, 3.63) is 63.6 Å². The van der Waals surface area contributed by atoms with Gasteiger partial charge < -0.3 is 14.6 Å². The summed E-state index contributed by atoms with van der Waals surface area (Å²) in [5.74, 6) is 0.113. The number of hydrogen-bond donors (Lipinski definition) is 0. The minimum Gasteiger partial charge on any atom is -0.343 e. The first-order valence-corrected chi connectivity index (χ1v) is 13.6. The second-order valence-electron chi connectivity index (χ2n) is 10.1. The Bertz CT molecular complexity index is 1060. The fraction of sp³-hybridized carbons (Fsp3) is 0.481. The Morgan fingerprint density at radius 1 is 1.14 bits per heavy atom. The zero-order chi connectivity index (χ0) is 25.8. The zero-order valence-corrected chi connectivity index (χ0v) is 23.9. The Morgan fingerprint density at radius 3 is 2.40 bits per heavy atom. The van der Waals surface area contributed by atoms with Gasteiger partial charge in [0.2, 0.25) is 12.6 Å². The van der Waals surface area contributed by atoms with E-state index in [1.165, 1.54) is 5.56 Å². The molecule has 0 saturated carbocycles. The molecule has 2 aromatic rings. The molecule has 0 N–H and O–H groups in total. The third-order valence-electron chi connectivity index (χ3n) is 7.66. The fourth-order valence-electron chi connectivity index (χ4n) is 5.10. The number of amides is 1. The molecular weight excluding hydrogens is 497 g/mol. The molecule has 1 amide bonds. The normalized spacial score (nSPS) is 16.5. The van der Waals surface area contributed by atoms with E-state index in [-0.39, 0.29) is 18.3 Å². The minimum absolute atomic E-state index is 0.113. The van der Waals surface area contributed by atoms with Crippen molar-refractivity contribution in [1.82, 2.24) is 9.80 Å². The summed E-state index contributed by atoms with van der Waals surface area (Å²) in [7, 11) is 4.66. The van der Waals surface area contributed by atoms with Crippen molar-refractivity contribution in [1.29, 1.82) is 0 Å². The fourth-order valence-corrected chi connectivity index (χ4v) is 5.73. The van der Waals surface area contributed by atoms with Crippen molar-refractivity contribution >= 4 is 56.0 Å². The third-order valence-corrected chi connectivity index (χ3v) is 8.96. The Morgan fingerprint density at radius 2 is 1.80 bits per heavy atom. The maximum atomic E-state index is 14.0. The van der Waals surface area contributed by atoms with Gasteiger partial charge in [0.05, 0.1) is 10.0 Å². The van der Waals surface area contributed by atoms with E-state index in [4.69, 9.17) is 23.2 Å². The number of nitrogens with zero attached hydrogens (tertiary/aromatic N) is 2. The van der Waals surface area contributed by atoms with E-state index in [9.17, 15) is 9.59 Å². The highest BCUT2D eigenvalue weighted by Crippen LogP contribution is 2.35. The van der Waals surface area contributed by atoms with Gasteiger partial charge in [-0.1, -0.05) is 60.4 Å². The van der Waals surface area contributed by atoms with Crippen LogP contribution in [0.15, 0.2) is 42.5 Å². The smallest absolute Gasteiger partial charge is 0.225 e. The molecule has 1 fully saturated rings. The van der Waals surface area contributed by atoms with Crippen molar-refractivity contribution in [2.24, 2.45) is 0 Å². The van der Waals surface area contributed by atoms with Crippen LogP contribution in [0, 0.1) is 0 Å². The predicted octanol–water partition coefficient (Wildman–Crippen LogP) is 5.10. The topological polar surface area (TPSA) is 40.6 Å². The van der Waals surface area contributed by atoms with Gasteiger partial charge in [-0.05, 0) is 67.6 Å². The van der Waals surface area contributed by atoms with Gasteiger partial charge in [0, 0.05) is 38.5 Å². The van der Waals surface area contributed by atoms with Crippen LogP contribution >= 0.6 is 32.4 Å². The molecule has 1 aliphatic heterocycles. The van der Waals surface area contributed by atoms with Crippen LogP contribution in [0.25, 0.3) is 0 Å². The number of hydrogen-bond acceptors (Lipinski definition) is 3. The number of carbonyl (C=O) groups is 2. The molecule has 188 valence electrons. The lowest BCUT2D eigenvalue weighted by atomic mass is 9.39. The van der Waals surface area contributed by atoms with Crippen LogP contribution in [0.4, 0.5) is 0 Å².